The van der Waals surface area contributed by atoms with Gasteiger partial charge in [0.2, 0.25) is 5.95 Å². The monoisotopic (exact) mass is 489 g/mol. The summed E-state index contributed by atoms with van der Waals surface area (Å²) in [5.41, 5.74) is 1.60. The van der Waals surface area contributed by atoms with E-state index < -0.39 is 0 Å². The second-order valence-corrected chi connectivity index (χ2v) is 8.08. The van der Waals surface area contributed by atoms with Crippen molar-refractivity contribution in [1.29, 1.82) is 0 Å². The van der Waals surface area contributed by atoms with E-state index in [0.29, 0.717) is 40.1 Å². The summed E-state index contributed by atoms with van der Waals surface area (Å²) in [6.07, 6.45) is 7.45. The highest BCUT2D eigenvalue weighted by Gasteiger charge is 2.19. The molecule has 0 aliphatic carbocycles. The van der Waals surface area contributed by atoms with Crippen LogP contribution in [-0.2, 0) is 0 Å². The Hall–Kier alpha value is -3.17. The normalized spacial score (nSPS) is 12.0. The van der Waals surface area contributed by atoms with Gasteiger partial charge in [0.15, 0.2) is 11.6 Å². The van der Waals surface area contributed by atoms with Crippen molar-refractivity contribution in [2.75, 3.05) is 18.3 Å². The fourth-order valence-corrected chi connectivity index (χ4v) is 3.82. The van der Waals surface area contributed by atoms with Crippen LogP contribution in [0.5, 0.6) is 5.75 Å². The molecule has 1 aromatic carbocycles. The van der Waals surface area contributed by atoms with Gasteiger partial charge >= 0.3 is 0 Å². The van der Waals surface area contributed by atoms with Crippen molar-refractivity contribution in [3.05, 3.63) is 71.4 Å². The lowest BCUT2D eigenvalue weighted by molar-refractivity contribution is 0.411. The molecule has 0 amide bonds. The Kier molecular flexibility index (Phi) is 7.41. The summed E-state index contributed by atoms with van der Waals surface area (Å²) < 4.78 is 20.6. The van der Waals surface area contributed by atoms with Crippen LogP contribution >= 0.6 is 23.2 Å². The molecule has 4 aromatic rings. The summed E-state index contributed by atoms with van der Waals surface area (Å²) in [5.74, 6) is 2.40. The Labute approximate surface area is 200 Å². The lowest BCUT2D eigenvalue weighted by Crippen LogP contribution is -2.04. The van der Waals surface area contributed by atoms with E-state index >= 15 is 0 Å². The van der Waals surface area contributed by atoms with E-state index in [-0.39, 0.29) is 11.7 Å². The van der Waals surface area contributed by atoms with E-state index in [1.54, 1.807) is 48.6 Å². The quantitative estimate of drug-likeness (QED) is 0.226. The van der Waals surface area contributed by atoms with Gasteiger partial charge in [-0.3, -0.25) is 9.67 Å². The maximum Gasteiger partial charge on any atom is 0.246 e. The van der Waals surface area contributed by atoms with Crippen LogP contribution in [0.1, 0.15) is 36.6 Å². The number of benzene rings is 1. The van der Waals surface area contributed by atoms with Crippen molar-refractivity contribution < 1.29 is 9.13 Å². The Morgan fingerprint density at radius 3 is 2.73 bits per heavy atom. The predicted octanol–water partition coefficient (Wildman–Crippen LogP) is 5.47. The van der Waals surface area contributed by atoms with Crippen LogP contribution in [0.15, 0.2) is 49.1 Å². The molecule has 0 bridgehead atoms. The molecule has 0 radical (unpaired) electrons. The Morgan fingerprint density at radius 2 is 2.03 bits per heavy atom. The van der Waals surface area contributed by atoms with Crippen molar-refractivity contribution in [2.45, 2.75) is 25.2 Å². The van der Waals surface area contributed by atoms with Gasteiger partial charge < -0.3 is 10.1 Å². The van der Waals surface area contributed by atoms with Crippen molar-refractivity contribution in [3.8, 4) is 11.6 Å². The third-order valence-corrected chi connectivity index (χ3v) is 5.55. The van der Waals surface area contributed by atoms with Gasteiger partial charge in [-0.15, -0.1) is 16.7 Å². The van der Waals surface area contributed by atoms with Crippen LogP contribution in [0.25, 0.3) is 5.82 Å². The number of hydrogen-bond acceptors (Lipinski definition) is 6. The fraction of sp³-hybridized carbons (Fsp3) is 0.273. The Balaban J connectivity index is 1.54. The topological polar surface area (TPSA) is 93.5 Å². The zero-order valence-corrected chi connectivity index (χ0v) is 19.3. The number of aromatic amines is 1. The molecule has 4 rings (SSSR count). The van der Waals surface area contributed by atoms with Crippen LogP contribution in [0.4, 0.5) is 16.0 Å². The summed E-state index contributed by atoms with van der Waals surface area (Å²) >= 11 is 11.8. The molecule has 0 spiro atoms. The van der Waals surface area contributed by atoms with Crippen LogP contribution in [0.3, 0.4) is 0 Å². The molecule has 3 heterocycles. The first-order chi connectivity index (χ1) is 16.1. The molecule has 0 fully saturated rings. The van der Waals surface area contributed by atoms with E-state index in [9.17, 15) is 4.39 Å². The molecule has 1 atom stereocenters. The van der Waals surface area contributed by atoms with Crippen LogP contribution in [0, 0.1) is 5.82 Å². The van der Waals surface area contributed by atoms with Gasteiger partial charge in [-0.2, -0.15) is 4.98 Å². The number of aromatic nitrogens is 6. The molecule has 172 valence electrons. The minimum atomic E-state index is -0.277. The summed E-state index contributed by atoms with van der Waals surface area (Å²) in [6.45, 7) is 0. The lowest BCUT2D eigenvalue weighted by atomic mass is 9.93. The number of unbranched alkanes of at least 4 members (excludes halogenated alkanes) is 1. The van der Waals surface area contributed by atoms with E-state index in [2.05, 4.69) is 30.5 Å². The van der Waals surface area contributed by atoms with Crippen LogP contribution in [0.2, 0.25) is 5.15 Å². The minimum Gasteiger partial charge on any atom is -0.493 e. The first-order valence-electron chi connectivity index (χ1n) is 10.3. The summed E-state index contributed by atoms with van der Waals surface area (Å²) in [6, 6.07) is 8.22. The second kappa shape index (κ2) is 10.6. The second-order valence-electron chi connectivity index (χ2n) is 7.31. The first kappa shape index (κ1) is 23.0. The molecule has 0 aliphatic heterocycles. The number of alkyl halides is 1. The molecular weight excluding hydrogens is 468 g/mol. The predicted molar refractivity (Wildman–Crippen MR) is 125 cm³/mol. The highest BCUT2D eigenvalue weighted by molar-refractivity contribution is 6.29. The number of nitrogens with zero attached hydrogens (tertiary/aromatic N) is 5. The number of H-pyrrole nitrogens is 1. The average Bonchev–Trinajstić information content (AvgIpc) is 3.46. The van der Waals surface area contributed by atoms with Crippen LogP contribution < -0.4 is 10.1 Å². The first-order valence-corrected chi connectivity index (χ1v) is 11.2. The number of imidazole rings is 1. The van der Waals surface area contributed by atoms with E-state index in [0.717, 1.165) is 24.8 Å². The average molecular weight is 490 g/mol. The number of pyridine rings is 1. The van der Waals surface area contributed by atoms with Gasteiger partial charge in [-0.1, -0.05) is 30.2 Å². The number of halogens is 3. The number of methoxy groups -OCH3 is 1. The standard InChI is InChI=1S/C22H22Cl2FN7O/c1-33-18-10-16(11-26-21(18)32-12-19(24)27-13-32)28-22-29-20(30-31-22)17(4-2-3-9-23)14-5-7-15(25)8-6-14/h5-8,10-13,17H,2-4,9H2,1H3,(H2,28,29,30,31). The highest BCUT2D eigenvalue weighted by atomic mass is 35.5. The third kappa shape index (κ3) is 5.61. The molecular formula is C22H22Cl2FN7O. The lowest BCUT2D eigenvalue weighted by Gasteiger charge is -2.14. The molecule has 1 unspecified atom stereocenters. The van der Waals surface area contributed by atoms with Crippen molar-refractivity contribution in [1.82, 2.24) is 29.7 Å². The number of rotatable bonds is 10. The van der Waals surface area contributed by atoms with Gasteiger partial charge in [0, 0.05) is 24.1 Å². The molecule has 33 heavy (non-hydrogen) atoms. The summed E-state index contributed by atoms with van der Waals surface area (Å²) in [5, 5.41) is 10.8. The Bertz CT molecular complexity index is 1200. The minimum absolute atomic E-state index is 0.0575. The van der Waals surface area contributed by atoms with Crippen molar-refractivity contribution in [3.63, 3.8) is 0 Å². The SMILES string of the molecule is COc1cc(Nc2n[nH]c(C(CCCCCl)c3ccc(F)cc3)n2)cnc1-n1cnc(Cl)c1. The summed E-state index contributed by atoms with van der Waals surface area (Å²) in [4.78, 5) is 13.1. The third-order valence-electron chi connectivity index (χ3n) is 5.09. The maximum atomic E-state index is 13.4. The number of anilines is 2. The number of hydrogen-bond donors (Lipinski definition) is 2. The number of nitrogens with one attached hydrogen (secondary N) is 2. The summed E-state index contributed by atoms with van der Waals surface area (Å²) in [7, 11) is 1.56. The van der Waals surface area contributed by atoms with Crippen molar-refractivity contribution >= 4 is 34.8 Å². The van der Waals surface area contributed by atoms with Gasteiger partial charge in [-0.05, 0) is 30.5 Å². The smallest absolute Gasteiger partial charge is 0.246 e. The van der Waals surface area contributed by atoms with E-state index in [1.807, 2.05) is 0 Å². The molecule has 2 N–H and O–H groups in total. The molecule has 0 saturated carbocycles. The molecule has 0 aliphatic rings. The molecule has 3 aromatic heterocycles. The zero-order valence-electron chi connectivity index (χ0n) is 17.8. The van der Waals surface area contributed by atoms with Gasteiger partial charge in [0.05, 0.1) is 19.0 Å². The molecule has 11 heteroatoms. The molecule has 8 nitrogen and oxygen atoms in total. The van der Waals surface area contributed by atoms with E-state index in [1.165, 1.54) is 12.1 Å². The maximum absolute atomic E-state index is 13.4. The molecule has 0 saturated heterocycles. The van der Waals surface area contributed by atoms with E-state index in [4.69, 9.17) is 27.9 Å². The Morgan fingerprint density at radius 1 is 1.21 bits per heavy atom. The van der Waals surface area contributed by atoms with Crippen molar-refractivity contribution in [2.24, 2.45) is 0 Å². The zero-order chi connectivity index (χ0) is 23.2. The van der Waals surface area contributed by atoms with Gasteiger partial charge in [0.25, 0.3) is 0 Å². The fourth-order valence-electron chi connectivity index (χ4n) is 3.48. The number of ether oxygens (including phenoxy) is 1. The van der Waals surface area contributed by atoms with Gasteiger partial charge in [-0.25, -0.2) is 14.4 Å². The van der Waals surface area contributed by atoms with Crippen LogP contribution in [-0.4, -0.2) is 42.7 Å². The highest BCUT2D eigenvalue weighted by Crippen LogP contribution is 2.30. The largest absolute Gasteiger partial charge is 0.493 e. The van der Waals surface area contributed by atoms with Gasteiger partial charge in [0.1, 0.15) is 23.1 Å².